The first-order valence-corrected chi connectivity index (χ1v) is 10.9. The molecule has 0 spiro atoms. The molecule has 2 aliphatic heterocycles. The summed E-state index contributed by atoms with van der Waals surface area (Å²) in [4.78, 5) is 17.2. The van der Waals surface area contributed by atoms with Crippen LogP contribution in [0.2, 0.25) is 0 Å². The molecular formula is C25H28N2O4. The Labute approximate surface area is 181 Å². The lowest BCUT2D eigenvalue weighted by atomic mass is 9.81. The van der Waals surface area contributed by atoms with E-state index < -0.39 is 5.97 Å². The van der Waals surface area contributed by atoms with Crippen molar-refractivity contribution in [2.75, 3.05) is 20.3 Å². The van der Waals surface area contributed by atoms with E-state index in [2.05, 4.69) is 28.9 Å². The average Bonchev–Trinajstić information content (AvgIpc) is 3.45. The molecule has 3 aromatic rings. The van der Waals surface area contributed by atoms with Gasteiger partial charge in [0.25, 0.3) is 0 Å². The standard InChI is InChI=1S/C25H28N2O4/c1-15-13-22(30-2)20(18-7-10-26-23(15)18)14-27-11-8-21-19(9-12-31-21)24(27)16-3-5-17(6-4-16)25(28)29/h3-7,10,13,19,21,24,26H,8-9,11-12,14H2,1-2H3,(H,28,29). The van der Waals surface area contributed by atoms with Crippen LogP contribution in [0.4, 0.5) is 0 Å². The predicted octanol–water partition coefficient (Wildman–Crippen LogP) is 4.54. The smallest absolute Gasteiger partial charge is 0.335 e. The minimum absolute atomic E-state index is 0.184. The molecule has 2 N–H and O–H groups in total. The highest BCUT2D eigenvalue weighted by molar-refractivity contribution is 5.88. The first kappa shape index (κ1) is 20.1. The number of rotatable bonds is 5. The number of hydrogen-bond acceptors (Lipinski definition) is 4. The van der Waals surface area contributed by atoms with E-state index in [1.807, 2.05) is 18.3 Å². The molecule has 2 aromatic carbocycles. The third-order valence-electron chi connectivity index (χ3n) is 6.95. The van der Waals surface area contributed by atoms with Crippen LogP contribution in [0, 0.1) is 12.8 Å². The van der Waals surface area contributed by atoms with Gasteiger partial charge in [-0.05, 0) is 55.2 Å². The Kier molecular flexibility index (Phi) is 5.20. The first-order chi connectivity index (χ1) is 15.1. The third kappa shape index (κ3) is 3.50. The van der Waals surface area contributed by atoms with E-state index in [1.54, 1.807) is 19.2 Å². The molecule has 6 nitrogen and oxygen atoms in total. The van der Waals surface area contributed by atoms with Crippen LogP contribution in [0.15, 0.2) is 42.6 Å². The van der Waals surface area contributed by atoms with E-state index in [-0.39, 0.29) is 12.1 Å². The molecule has 0 saturated carbocycles. The number of fused-ring (bicyclic) bond motifs is 2. The Hall–Kier alpha value is -2.83. The maximum Gasteiger partial charge on any atom is 0.335 e. The molecular weight excluding hydrogens is 392 g/mol. The number of carboxylic acids is 1. The summed E-state index contributed by atoms with van der Waals surface area (Å²) in [6, 6.07) is 11.8. The number of nitrogens with zero attached hydrogens (tertiary/aromatic N) is 1. The lowest BCUT2D eigenvalue weighted by molar-refractivity contribution is -0.00414. The van der Waals surface area contributed by atoms with Gasteiger partial charge in [-0.1, -0.05) is 12.1 Å². The predicted molar refractivity (Wildman–Crippen MR) is 119 cm³/mol. The summed E-state index contributed by atoms with van der Waals surface area (Å²) < 4.78 is 11.8. The number of aromatic amines is 1. The molecule has 3 heterocycles. The maximum absolute atomic E-state index is 11.3. The fourth-order valence-electron chi connectivity index (χ4n) is 5.47. The molecule has 2 saturated heterocycles. The van der Waals surface area contributed by atoms with Crippen LogP contribution in [0.1, 0.15) is 45.9 Å². The van der Waals surface area contributed by atoms with Gasteiger partial charge in [-0.3, -0.25) is 4.90 Å². The van der Waals surface area contributed by atoms with Gasteiger partial charge in [0.15, 0.2) is 0 Å². The maximum atomic E-state index is 11.3. The molecule has 2 fully saturated rings. The molecule has 162 valence electrons. The SMILES string of the molecule is COc1cc(C)c2[nH]ccc2c1CN1CCC2OCCC2C1c1ccc(C(=O)O)cc1. The highest BCUT2D eigenvalue weighted by Gasteiger charge is 2.42. The number of methoxy groups -OCH3 is 1. The number of piperidine rings is 1. The lowest BCUT2D eigenvalue weighted by Gasteiger charge is -2.43. The van der Waals surface area contributed by atoms with Gasteiger partial charge in [0, 0.05) is 54.3 Å². The van der Waals surface area contributed by atoms with Crippen molar-refractivity contribution in [2.45, 2.75) is 38.5 Å². The number of hydrogen-bond donors (Lipinski definition) is 2. The van der Waals surface area contributed by atoms with Crippen molar-refractivity contribution in [1.29, 1.82) is 0 Å². The Morgan fingerprint density at radius 2 is 2.06 bits per heavy atom. The monoisotopic (exact) mass is 420 g/mol. The number of ether oxygens (including phenoxy) is 2. The highest BCUT2D eigenvalue weighted by atomic mass is 16.5. The van der Waals surface area contributed by atoms with Crippen LogP contribution < -0.4 is 4.74 Å². The van der Waals surface area contributed by atoms with Crippen molar-refractivity contribution in [3.8, 4) is 5.75 Å². The fourth-order valence-corrected chi connectivity index (χ4v) is 5.47. The number of aryl methyl sites for hydroxylation is 1. The van der Waals surface area contributed by atoms with Crippen molar-refractivity contribution in [2.24, 2.45) is 5.92 Å². The third-order valence-corrected chi connectivity index (χ3v) is 6.95. The zero-order valence-electron chi connectivity index (χ0n) is 17.9. The number of nitrogens with one attached hydrogen (secondary N) is 1. The molecule has 0 aliphatic carbocycles. The van der Waals surface area contributed by atoms with Crippen LogP contribution in [0.3, 0.4) is 0 Å². The van der Waals surface area contributed by atoms with Gasteiger partial charge in [0.1, 0.15) is 5.75 Å². The zero-order chi connectivity index (χ0) is 21.5. The molecule has 31 heavy (non-hydrogen) atoms. The van der Waals surface area contributed by atoms with Crippen LogP contribution in [0.25, 0.3) is 10.9 Å². The number of H-pyrrole nitrogens is 1. The van der Waals surface area contributed by atoms with E-state index >= 15 is 0 Å². The van der Waals surface area contributed by atoms with Crippen molar-refractivity contribution in [1.82, 2.24) is 9.88 Å². The van der Waals surface area contributed by atoms with Gasteiger partial charge in [0.2, 0.25) is 0 Å². The molecule has 0 amide bonds. The quantitative estimate of drug-likeness (QED) is 0.634. The summed E-state index contributed by atoms with van der Waals surface area (Å²) in [5.41, 5.74) is 4.98. The Balaban J connectivity index is 1.54. The number of benzene rings is 2. The summed E-state index contributed by atoms with van der Waals surface area (Å²) in [6.07, 6.45) is 4.29. The highest BCUT2D eigenvalue weighted by Crippen LogP contribution is 2.44. The van der Waals surface area contributed by atoms with Gasteiger partial charge in [0.05, 0.1) is 18.8 Å². The summed E-state index contributed by atoms with van der Waals surface area (Å²) in [6.45, 7) is 4.59. The molecule has 3 atom stereocenters. The van der Waals surface area contributed by atoms with Crippen LogP contribution in [-0.4, -0.2) is 47.3 Å². The van der Waals surface area contributed by atoms with Crippen LogP contribution >= 0.6 is 0 Å². The van der Waals surface area contributed by atoms with Crippen molar-refractivity contribution in [3.63, 3.8) is 0 Å². The second-order valence-corrected chi connectivity index (χ2v) is 8.63. The minimum atomic E-state index is -0.895. The summed E-state index contributed by atoms with van der Waals surface area (Å²) in [5, 5.41) is 10.5. The van der Waals surface area contributed by atoms with Gasteiger partial charge < -0.3 is 19.6 Å². The van der Waals surface area contributed by atoms with E-state index in [4.69, 9.17) is 9.47 Å². The largest absolute Gasteiger partial charge is 0.496 e. The first-order valence-electron chi connectivity index (χ1n) is 10.9. The molecule has 2 aliphatic rings. The van der Waals surface area contributed by atoms with Crippen LogP contribution in [0.5, 0.6) is 5.75 Å². The Morgan fingerprint density at radius 1 is 1.26 bits per heavy atom. The van der Waals surface area contributed by atoms with Gasteiger partial charge in [-0.2, -0.15) is 0 Å². The molecule has 0 bridgehead atoms. The summed E-state index contributed by atoms with van der Waals surface area (Å²) in [7, 11) is 1.73. The topological polar surface area (TPSA) is 74.8 Å². The van der Waals surface area contributed by atoms with Crippen LogP contribution in [-0.2, 0) is 11.3 Å². The molecule has 1 aromatic heterocycles. The summed E-state index contributed by atoms with van der Waals surface area (Å²) >= 11 is 0. The van der Waals surface area contributed by atoms with E-state index in [1.165, 1.54) is 16.5 Å². The lowest BCUT2D eigenvalue weighted by Crippen LogP contribution is -2.43. The second-order valence-electron chi connectivity index (χ2n) is 8.63. The Bertz CT molecular complexity index is 1100. The fraction of sp³-hybridized carbons (Fsp3) is 0.400. The van der Waals surface area contributed by atoms with Gasteiger partial charge >= 0.3 is 5.97 Å². The minimum Gasteiger partial charge on any atom is -0.496 e. The molecule has 3 unspecified atom stereocenters. The second kappa shape index (κ2) is 8.02. The number of aromatic carboxylic acids is 1. The number of carbonyl (C=O) groups is 1. The summed E-state index contributed by atoms with van der Waals surface area (Å²) in [5.74, 6) is 0.422. The average molecular weight is 421 g/mol. The van der Waals surface area contributed by atoms with E-state index in [9.17, 15) is 9.90 Å². The zero-order valence-corrected chi connectivity index (χ0v) is 17.9. The molecule has 0 radical (unpaired) electrons. The number of aromatic nitrogens is 1. The van der Waals surface area contributed by atoms with E-state index in [0.29, 0.717) is 11.5 Å². The Morgan fingerprint density at radius 3 is 2.81 bits per heavy atom. The number of likely N-dealkylation sites (tertiary alicyclic amines) is 1. The molecule has 6 heteroatoms. The van der Waals surface area contributed by atoms with Gasteiger partial charge in [-0.25, -0.2) is 4.79 Å². The number of carboxylic acid groups (broad SMARTS) is 1. The molecule has 5 rings (SSSR count). The van der Waals surface area contributed by atoms with Crippen molar-refractivity contribution >= 4 is 16.9 Å². The van der Waals surface area contributed by atoms with E-state index in [0.717, 1.165) is 49.4 Å². The normalized spacial score (nSPS) is 23.7. The van der Waals surface area contributed by atoms with Crippen molar-refractivity contribution in [3.05, 3.63) is 64.8 Å². The van der Waals surface area contributed by atoms with Gasteiger partial charge in [-0.15, -0.1) is 0 Å². The van der Waals surface area contributed by atoms with Crippen molar-refractivity contribution < 1.29 is 19.4 Å².